The number of nitrogens with zero attached hydrogens (tertiary/aromatic N) is 3. The number of carbonyl (C=O) groups excluding carboxylic acids is 1. The molecular formula is C20H19N3O4S. The van der Waals surface area contributed by atoms with Crippen LogP contribution in [0.1, 0.15) is 22.3 Å². The summed E-state index contributed by atoms with van der Waals surface area (Å²) in [6.45, 7) is 0.322. The van der Waals surface area contributed by atoms with Gasteiger partial charge in [-0.15, -0.1) is 0 Å². The molecular weight excluding hydrogens is 378 g/mol. The SMILES string of the molecule is CS(=O)(=O)N1CCCc2cc(C(=O)Cn3cnc4ccccc4c3=O)ccc21. The number of carbonyl (C=O) groups is 1. The molecule has 28 heavy (non-hydrogen) atoms. The number of hydrogen-bond donors (Lipinski definition) is 0. The number of Topliss-reactive ketones (excluding diaryl/α,β-unsaturated/α-hetero) is 1. The first-order valence-electron chi connectivity index (χ1n) is 8.92. The third-order valence-electron chi connectivity index (χ3n) is 4.92. The number of ketones is 1. The summed E-state index contributed by atoms with van der Waals surface area (Å²) in [6, 6.07) is 12.0. The lowest BCUT2D eigenvalue weighted by Crippen LogP contribution is -2.34. The molecule has 4 rings (SSSR count). The van der Waals surface area contributed by atoms with Crippen LogP contribution in [0, 0.1) is 0 Å². The van der Waals surface area contributed by atoms with Gasteiger partial charge in [-0.2, -0.15) is 0 Å². The van der Waals surface area contributed by atoms with Gasteiger partial charge in [0.25, 0.3) is 5.56 Å². The van der Waals surface area contributed by atoms with Crippen LogP contribution in [0.3, 0.4) is 0 Å². The predicted molar refractivity (Wildman–Crippen MR) is 107 cm³/mol. The topological polar surface area (TPSA) is 89.3 Å². The Balaban J connectivity index is 1.65. The van der Waals surface area contributed by atoms with Gasteiger partial charge >= 0.3 is 0 Å². The zero-order chi connectivity index (χ0) is 19.9. The predicted octanol–water partition coefficient (Wildman–Crippen LogP) is 1.99. The monoisotopic (exact) mass is 397 g/mol. The van der Waals surface area contributed by atoms with E-state index in [1.54, 1.807) is 42.5 Å². The van der Waals surface area contributed by atoms with Crippen LogP contribution in [0.15, 0.2) is 53.6 Å². The van der Waals surface area contributed by atoms with Gasteiger partial charge < -0.3 is 0 Å². The second-order valence-corrected chi connectivity index (χ2v) is 8.81. The maximum atomic E-state index is 12.7. The Morgan fingerprint density at radius 1 is 1.18 bits per heavy atom. The maximum Gasteiger partial charge on any atom is 0.261 e. The van der Waals surface area contributed by atoms with Gasteiger partial charge in [-0.1, -0.05) is 12.1 Å². The number of aromatic nitrogens is 2. The van der Waals surface area contributed by atoms with Gasteiger partial charge in [0.15, 0.2) is 5.78 Å². The van der Waals surface area contributed by atoms with E-state index in [1.807, 2.05) is 0 Å². The first-order valence-corrected chi connectivity index (χ1v) is 10.8. The van der Waals surface area contributed by atoms with Crippen LogP contribution in [0.5, 0.6) is 0 Å². The van der Waals surface area contributed by atoms with Crippen LogP contribution in [0.4, 0.5) is 5.69 Å². The van der Waals surface area contributed by atoms with Crippen molar-refractivity contribution in [2.24, 2.45) is 0 Å². The van der Waals surface area contributed by atoms with Crippen molar-refractivity contribution in [1.82, 2.24) is 9.55 Å². The van der Waals surface area contributed by atoms with E-state index in [0.717, 1.165) is 5.56 Å². The molecule has 0 atom stereocenters. The summed E-state index contributed by atoms with van der Waals surface area (Å²) < 4.78 is 26.6. The molecule has 2 aromatic carbocycles. The van der Waals surface area contributed by atoms with E-state index in [2.05, 4.69) is 4.98 Å². The zero-order valence-electron chi connectivity index (χ0n) is 15.3. The molecule has 7 nitrogen and oxygen atoms in total. The number of rotatable bonds is 4. The average Bonchev–Trinajstić information content (AvgIpc) is 2.68. The molecule has 0 spiro atoms. The molecule has 1 aliphatic rings. The molecule has 0 bridgehead atoms. The lowest BCUT2D eigenvalue weighted by molar-refractivity contribution is 0.0970. The van der Waals surface area contributed by atoms with E-state index >= 15 is 0 Å². The molecule has 3 aromatic rings. The molecule has 0 saturated heterocycles. The summed E-state index contributed by atoms with van der Waals surface area (Å²) in [5, 5.41) is 0.465. The first kappa shape index (κ1) is 18.4. The van der Waals surface area contributed by atoms with Gasteiger partial charge in [0.2, 0.25) is 10.0 Å². The minimum absolute atomic E-state index is 0.120. The van der Waals surface area contributed by atoms with Crippen molar-refractivity contribution >= 4 is 32.4 Å². The standard InChI is InChI=1S/C20H19N3O4S/c1-28(26,27)23-10-4-5-14-11-15(8-9-18(14)23)19(24)12-22-13-21-17-7-3-2-6-16(17)20(22)25/h2-3,6-9,11,13H,4-5,10,12H2,1H3. The Hall–Kier alpha value is -3.00. The summed E-state index contributed by atoms with van der Waals surface area (Å²) in [7, 11) is -3.35. The van der Waals surface area contributed by atoms with Gasteiger partial charge in [-0.25, -0.2) is 13.4 Å². The number of aryl methyl sites for hydroxylation is 1. The quantitative estimate of drug-likeness (QED) is 0.628. The third kappa shape index (κ3) is 3.31. The van der Waals surface area contributed by atoms with E-state index in [-0.39, 0.29) is 17.9 Å². The molecule has 0 unspecified atom stereocenters. The number of sulfonamides is 1. The summed E-state index contributed by atoms with van der Waals surface area (Å²) in [5.74, 6) is -0.224. The van der Waals surface area contributed by atoms with Gasteiger partial charge in [-0.05, 0) is 48.7 Å². The third-order valence-corrected chi connectivity index (χ3v) is 6.10. The number of fused-ring (bicyclic) bond motifs is 2. The van der Waals surface area contributed by atoms with Crippen molar-refractivity contribution in [3.63, 3.8) is 0 Å². The van der Waals surface area contributed by atoms with Crippen LogP contribution >= 0.6 is 0 Å². The van der Waals surface area contributed by atoms with E-state index in [0.29, 0.717) is 41.5 Å². The Bertz CT molecular complexity index is 1250. The second-order valence-electron chi connectivity index (χ2n) is 6.90. The molecule has 0 aliphatic carbocycles. The van der Waals surface area contributed by atoms with E-state index in [9.17, 15) is 18.0 Å². The van der Waals surface area contributed by atoms with Crippen molar-refractivity contribution in [2.45, 2.75) is 19.4 Å². The smallest absolute Gasteiger partial charge is 0.261 e. The largest absolute Gasteiger partial charge is 0.292 e. The second kappa shape index (κ2) is 6.87. The van der Waals surface area contributed by atoms with Crippen molar-refractivity contribution in [2.75, 3.05) is 17.1 Å². The van der Waals surface area contributed by atoms with Gasteiger partial charge in [0.05, 0.1) is 35.7 Å². The zero-order valence-corrected chi connectivity index (χ0v) is 16.1. The number of benzene rings is 2. The Labute approximate surface area is 162 Å². The van der Waals surface area contributed by atoms with E-state index < -0.39 is 10.0 Å². The number of hydrogen-bond acceptors (Lipinski definition) is 5. The van der Waals surface area contributed by atoms with E-state index in [1.165, 1.54) is 21.5 Å². The molecule has 0 N–H and O–H groups in total. The minimum Gasteiger partial charge on any atom is -0.292 e. The highest BCUT2D eigenvalue weighted by Gasteiger charge is 2.24. The molecule has 144 valence electrons. The molecule has 0 fully saturated rings. The normalized spacial score (nSPS) is 14.1. The lowest BCUT2D eigenvalue weighted by Gasteiger charge is -2.29. The van der Waals surface area contributed by atoms with Gasteiger partial charge in [0.1, 0.15) is 0 Å². The van der Waals surface area contributed by atoms with Crippen molar-refractivity contribution in [3.05, 3.63) is 70.3 Å². The number of anilines is 1. The van der Waals surface area contributed by atoms with Crippen LogP contribution in [-0.2, 0) is 23.0 Å². The average molecular weight is 397 g/mol. The Morgan fingerprint density at radius 3 is 2.75 bits per heavy atom. The van der Waals surface area contributed by atoms with Gasteiger partial charge in [-0.3, -0.25) is 18.5 Å². The molecule has 0 radical (unpaired) electrons. The summed E-state index contributed by atoms with van der Waals surface area (Å²) in [6.07, 6.45) is 3.97. The Kier molecular flexibility index (Phi) is 4.50. The van der Waals surface area contributed by atoms with Crippen LogP contribution in [0.2, 0.25) is 0 Å². The van der Waals surface area contributed by atoms with Crippen LogP contribution < -0.4 is 9.86 Å². The maximum absolute atomic E-state index is 12.7. The van der Waals surface area contributed by atoms with Gasteiger partial charge in [0, 0.05) is 12.1 Å². The molecule has 0 saturated carbocycles. The van der Waals surface area contributed by atoms with Crippen molar-refractivity contribution in [1.29, 1.82) is 0 Å². The van der Waals surface area contributed by atoms with Crippen LogP contribution in [0.25, 0.3) is 10.9 Å². The van der Waals surface area contributed by atoms with Crippen molar-refractivity contribution in [3.8, 4) is 0 Å². The highest BCUT2D eigenvalue weighted by Crippen LogP contribution is 2.30. The number of para-hydroxylation sites is 1. The molecule has 0 amide bonds. The summed E-state index contributed by atoms with van der Waals surface area (Å²) >= 11 is 0. The molecule has 1 aromatic heterocycles. The fourth-order valence-corrected chi connectivity index (χ4v) is 4.54. The minimum atomic E-state index is -3.35. The van der Waals surface area contributed by atoms with E-state index in [4.69, 9.17) is 0 Å². The lowest BCUT2D eigenvalue weighted by atomic mass is 9.99. The fraction of sp³-hybridized carbons (Fsp3) is 0.250. The molecule has 2 heterocycles. The first-order chi connectivity index (χ1) is 13.3. The Morgan fingerprint density at radius 2 is 1.96 bits per heavy atom. The van der Waals surface area contributed by atoms with Crippen LogP contribution in [-0.4, -0.2) is 36.6 Å². The highest BCUT2D eigenvalue weighted by molar-refractivity contribution is 7.92. The fourth-order valence-electron chi connectivity index (χ4n) is 3.55. The molecule has 8 heteroatoms. The summed E-state index contributed by atoms with van der Waals surface area (Å²) in [5.41, 5.74) is 2.22. The van der Waals surface area contributed by atoms with Crippen molar-refractivity contribution < 1.29 is 13.2 Å². The molecule has 1 aliphatic heterocycles. The summed E-state index contributed by atoms with van der Waals surface area (Å²) in [4.78, 5) is 29.6. The highest BCUT2D eigenvalue weighted by atomic mass is 32.2.